The van der Waals surface area contributed by atoms with Gasteiger partial charge in [-0.3, -0.25) is 9.59 Å². The Labute approximate surface area is 167 Å². The standard InChI is InChI=1S/C22H34O6/c1-15(2)17(23)21(11-7-5-8-12-21)19(25)27-28-20(26)22(18(24)16(3)4)13-9-6-10-14-22/h15-16H,5-14H2,1-4H3. The van der Waals surface area contributed by atoms with Crippen LogP contribution in [0, 0.1) is 22.7 Å². The largest absolute Gasteiger partial charge is 0.369 e. The molecule has 0 bridgehead atoms. The third kappa shape index (κ3) is 4.31. The highest BCUT2D eigenvalue weighted by atomic mass is 17.2. The molecule has 0 aliphatic heterocycles. The molecule has 0 saturated heterocycles. The van der Waals surface area contributed by atoms with Crippen LogP contribution in [0.5, 0.6) is 0 Å². The van der Waals surface area contributed by atoms with E-state index in [2.05, 4.69) is 0 Å². The van der Waals surface area contributed by atoms with Gasteiger partial charge >= 0.3 is 11.9 Å². The molecule has 0 aromatic carbocycles. The van der Waals surface area contributed by atoms with Gasteiger partial charge in [-0.2, -0.15) is 0 Å². The Morgan fingerprint density at radius 1 is 0.571 bits per heavy atom. The van der Waals surface area contributed by atoms with Gasteiger partial charge in [0.1, 0.15) is 10.8 Å². The predicted octanol–water partition coefficient (Wildman–Crippen LogP) is 4.34. The highest BCUT2D eigenvalue weighted by molar-refractivity contribution is 6.06. The fraction of sp³-hybridized carbons (Fsp3) is 0.818. The maximum absolute atomic E-state index is 12.9. The van der Waals surface area contributed by atoms with Crippen molar-refractivity contribution < 1.29 is 29.0 Å². The summed E-state index contributed by atoms with van der Waals surface area (Å²) in [6.45, 7) is 7.04. The summed E-state index contributed by atoms with van der Waals surface area (Å²) >= 11 is 0. The van der Waals surface area contributed by atoms with Crippen LogP contribution in [0.1, 0.15) is 91.9 Å². The lowest BCUT2D eigenvalue weighted by atomic mass is 9.68. The first-order valence-corrected chi connectivity index (χ1v) is 10.7. The zero-order chi connectivity index (χ0) is 20.9. The summed E-state index contributed by atoms with van der Waals surface area (Å²) in [5, 5.41) is 0. The van der Waals surface area contributed by atoms with E-state index in [4.69, 9.17) is 9.78 Å². The lowest BCUT2D eigenvalue weighted by Gasteiger charge is -2.35. The third-order valence-electron chi connectivity index (χ3n) is 6.38. The molecule has 6 heteroatoms. The molecule has 2 rings (SSSR count). The molecule has 0 unspecified atom stereocenters. The SMILES string of the molecule is CC(C)C(=O)C1(C(=O)OOC(=O)C2(C(=O)C(C)C)CCCCC2)CCCCC1. The van der Waals surface area contributed by atoms with E-state index < -0.39 is 22.8 Å². The van der Waals surface area contributed by atoms with Crippen molar-refractivity contribution in [2.45, 2.75) is 91.9 Å². The fourth-order valence-corrected chi connectivity index (χ4v) is 4.75. The molecule has 0 spiro atoms. The molecule has 0 aromatic rings. The first-order valence-electron chi connectivity index (χ1n) is 10.7. The number of carbonyl (C=O) groups is 4. The van der Waals surface area contributed by atoms with Crippen LogP contribution in [0.15, 0.2) is 0 Å². The van der Waals surface area contributed by atoms with Crippen LogP contribution in [-0.2, 0) is 29.0 Å². The molecule has 158 valence electrons. The van der Waals surface area contributed by atoms with Gasteiger partial charge in [-0.15, -0.1) is 0 Å². The molecule has 0 heterocycles. The minimum atomic E-state index is -1.24. The molecular weight excluding hydrogens is 360 g/mol. The Morgan fingerprint density at radius 3 is 1.11 bits per heavy atom. The third-order valence-corrected chi connectivity index (χ3v) is 6.38. The molecule has 6 nitrogen and oxygen atoms in total. The second kappa shape index (κ2) is 9.19. The average Bonchev–Trinajstić information content (AvgIpc) is 2.71. The summed E-state index contributed by atoms with van der Waals surface area (Å²) in [5.41, 5.74) is -2.48. The van der Waals surface area contributed by atoms with Crippen LogP contribution in [-0.4, -0.2) is 23.5 Å². The van der Waals surface area contributed by atoms with Crippen molar-refractivity contribution in [3.63, 3.8) is 0 Å². The van der Waals surface area contributed by atoms with E-state index >= 15 is 0 Å². The lowest BCUT2D eigenvalue weighted by Crippen LogP contribution is -2.47. The van der Waals surface area contributed by atoms with Gasteiger partial charge in [-0.1, -0.05) is 66.2 Å². The van der Waals surface area contributed by atoms with Crippen molar-refractivity contribution in [2.24, 2.45) is 22.7 Å². The Bertz CT molecular complexity index is 553. The van der Waals surface area contributed by atoms with Crippen molar-refractivity contribution in [1.29, 1.82) is 0 Å². The average molecular weight is 395 g/mol. The molecule has 0 radical (unpaired) electrons. The molecule has 2 aliphatic carbocycles. The molecule has 28 heavy (non-hydrogen) atoms. The van der Waals surface area contributed by atoms with Crippen molar-refractivity contribution in [1.82, 2.24) is 0 Å². The maximum atomic E-state index is 12.9. The zero-order valence-electron chi connectivity index (χ0n) is 17.7. The quantitative estimate of drug-likeness (QED) is 0.378. The van der Waals surface area contributed by atoms with Crippen LogP contribution >= 0.6 is 0 Å². The Hall–Kier alpha value is -1.72. The summed E-state index contributed by atoms with van der Waals surface area (Å²) < 4.78 is 0. The van der Waals surface area contributed by atoms with E-state index in [-0.39, 0.29) is 23.4 Å². The molecular formula is C22H34O6. The summed E-state index contributed by atoms with van der Waals surface area (Å²) in [6.07, 6.45) is 6.63. The molecule has 0 amide bonds. The van der Waals surface area contributed by atoms with Gasteiger partial charge in [0.15, 0.2) is 11.6 Å². The first kappa shape index (κ1) is 22.6. The van der Waals surface area contributed by atoms with Crippen molar-refractivity contribution >= 4 is 23.5 Å². The molecule has 2 fully saturated rings. The van der Waals surface area contributed by atoms with Crippen LogP contribution < -0.4 is 0 Å². The maximum Gasteiger partial charge on any atom is 0.369 e. The van der Waals surface area contributed by atoms with Crippen LogP contribution in [0.3, 0.4) is 0 Å². The highest BCUT2D eigenvalue weighted by Gasteiger charge is 2.52. The van der Waals surface area contributed by atoms with Gasteiger partial charge in [0.25, 0.3) is 0 Å². The van der Waals surface area contributed by atoms with E-state index in [0.29, 0.717) is 25.7 Å². The number of Topliss-reactive ketones (excluding diaryl/α,β-unsaturated/α-hetero) is 2. The van der Waals surface area contributed by atoms with E-state index in [1.54, 1.807) is 27.7 Å². The number of hydrogen-bond donors (Lipinski definition) is 0. The number of rotatable bonds is 6. The van der Waals surface area contributed by atoms with Crippen molar-refractivity contribution in [2.75, 3.05) is 0 Å². The molecule has 0 N–H and O–H groups in total. The Morgan fingerprint density at radius 2 is 0.857 bits per heavy atom. The van der Waals surface area contributed by atoms with Crippen molar-refractivity contribution in [3.05, 3.63) is 0 Å². The molecule has 0 atom stereocenters. The van der Waals surface area contributed by atoms with Gasteiger partial charge in [0.2, 0.25) is 0 Å². The Balaban J connectivity index is 2.15. The normalized spacial score (nSPS) is 21.2. The smallest absolute Gasteiger partial charge is 0.298 e. The van der Waals surface area contributed by atoms with Gasteiger partial charge in [0, 0.05) is 11.8 Å². The predicted molar refractivity (Wildman–Crippen MR) is 103 cm³/mol. The number of ketones is 2. The van der Waals surface area contributed by atoms with Gasteiger partial charge in [0.05, 0.1) is 0 Å². The Kier molecular flexibility index (Phi) is 7.40. The molecule has 2 aliphatic rings. The zero-order valence-corrected chi connectivity index (χ0v) is 17.7. The topological polar surface area (TPSA) is 86.7 Å². The first-order chi connectivity index (χ1) is 13.2. The van der Waals surface area contributed by atoms with Crippen LogP contribution in [0.2, 0.25) is 0 Å². The van der Waals surface area contributed by atoms with Crippen LogP contribution in [0.25, 0.3) is 0 Å². The lowest BCUT2D eigenvalue weighted by molar-refractivity contribution is -0.274. The van der Waals surface area contributed by atoms with Gasteiger partial charge < -0.3 is 0 Å². The van der Waals surface area contributed by atoms with E-state index in [9.17, 15) is 19.2 Å². The number of hydrogen-bond acceptors (Lipinski definition) is 6. The minimum absolute atomic E-state index is 0.168. The number of carbonyl (C=O) groups excluding carboxylic acids is 4. The molecule has 0 aromatic heterocycles. The van der Waals surface area contributed by atoms with Gasteiger partial charge in [-0.25, -0.2) is 19.4 Å². The van der Waals surface area contributed by atoms with E-state index in [1.807, 2.05) is 0 Å². The van der Waals surface area contributed by atoms with Crippen LogP contribution in [0.4, 0.5) is 0 Å². The monoisotopic (exact) mass is 394 g/mol. The summed E-state index contributed by atoms with van der Waals surface area (Å²) in [7, 11) is 0. The van der Waals surface area contributed by atoms with E-state index in [1.165, 1.54) is 0 Å². The second-order valence-corrected chi connectivity index (χ2v) is 9.07. The summed E-state index contributed by atoms with van der Waals surface area (Å²) in [6, 6.07) is 0. The summed E-state index contributed by atoms with van der Waals surface area (Å²) in [5.74, 6) is -2.54. The minimum Gasteiger partial charge on any atom is -0.298 e. The van der Waals surface area contributed by atoms with Crippen molar-refractivity contribution in [3.8, 4) is 0 Å². The highest BCUT2D eigenvalue weighted by Crippen LogP contribution is 2.42. The summed E-state index contributed by atoms with van der Waals surface area (Å²) in [4.78, 5) is 61.2. The van der Waals surface area contributed by atoms with Gasteiger partial charge in [-0.05, 0) is 25.7 Å². The second-order valence-electron chi connectivity index (χ2n) is 9.07. The van der Waals surface area contributed by atoms with E-state index in [0.717, 1.165) is 38.5 Å². The fourth-order valence-electron chi connectivity index (χ4n) is 4.75. The molecule has 2 saturated carbocycles.